The van der Waals surface area contributed by atoms with Crippen molar-refractivity contribution in [1.82, 2.24) is 10.3 Å². The van der Waals surface area contributed by atoms with Gasteiger partial charge in [-0.2, -0.15) is 0 Å². The lowest BCUT2D eigenvalue weighted by atomic mass is 10.2. The number of carbonyl (C=O) groups excluding carboxylic acids is 2. The van der Waals surface area contributed by atoms with Crippen LogP contribution >= 0.6 is 27.7 Å². The van der Waals surface area contributed by atoms with Gasteiger partial charge in [-0.05, 0) is 45.8 Å². The first-order valence-electron chi connectivity index (χ1n) is 9.37. The van der Waals surface area contributed by atoms with E-state index in [1.54, 1.807) is 0 Å². The van der Waals surface area contributed by atoms with Gasteiger partial charge in [-0.3, -0.25) is 9.59 Å². The summed E-state index contributed by atoms with van der Waals surface area (Å²) in [5.74, 6) is 1.11. The van der Waals surface area contributed by atoms with Crippen LogP contribution in [0.4, 0.5) is 0 Å². The van der Waals surface area contributed by atoms with Crippen molar-refractivity contribution in [1.29, 1.82) is 0 Å². The first-order valence-corrected chi connectivity index (χ1v) is 11.0. The number of carbonyl (C=O) groups is 2. The lowest BCUT2D eigenvalue weighted by Crippen LogP contribution is -2.25. The fraction of sp³-hybridized carbons (Fsp3) is 0.286. The van der Waals surface area contributed by atoms with E-state index in [2.05, 4.69) is 26.3 Å². The first kappa shape index (κ1) is 22.2. The predicted octanol–water partition coefficient (Wildman–Crippen LogP) is 4.30. The van der Waals surface area contributed by atoms with Crippen LogP contribution in [0.1, 0.15) is 31.2 Å². The van der Waals surface area contributed by atoms with Gasteiger partial charge >= 0.3 is 0 Å². The highest BCUT2D eigenvalue weighted by atomic mass is 79.9. The van der Waals surface area contributed by atoms with E-state index in [1.807, 2.05) is 48.5 Å². The molecule has 0 saturated heterocycles. The Kier molecular flexibility index (Phi) is 7.75. The number of ether oxygens (including phenoxy) is 2. The molecule has 0 bridgehead atoms. The van der Waals surface area contributed by atoms with Crippen molar-refractivity contribution in [3.8, 4) is 11.5 Å². The molecule has 0 spiro atoms. The summed E-state index contributed by atoms with van der Waals surface area (Å²) in [4.78, 5) is 23.3. The summed E-state index contributed by atoms with van der Waals surface area (Å²) in [6.07, 6.45) is 0.744. The van der Waals surface area contributed by atoms with Crippen LogP contribution < -0.4 is 14.8 Å². The Balaban J connectivity index is 1.55. The predicted molar refractivity (Wildman–Crippen MR) is 120 cm³/mol. The maximum atomic E-state index is 12.0. The van der Waals surface area contributed by atoms with E-state index in [4.69, 9.17) is 9.47 Å². The quantitative estimate of drug-likeness (QED) is 0.584. The van der Waals surface area contributed by atoms with Crippen molar-refractivity contribution in [2.45, 2.75) is 25.6 Å². The van der Waals surface area contributed by atoms with Crippen molar-refractivity contribution >= 4 is 44.7 Å². The van der Waals surface area contributed by atoms with E-state index < -0.39 is 0 Å². The third-order valence-electron chi connectivity index (χ3n) is 4.05. The Bertz CT molecular complexity index is 939. The van der Waals surface area contributed by atoms with Crippen LogP contribution in [0, 0.1) is 0 Å². The van der Waals surface area contributed by atoms with Crippen LogP contribution in [-0.2, 0) is 9.59 Å². The Hall–Kier alpha value is -2.52. The van der Waals surface area contributed by atoms with Gasteiger partial charge in [0.15, 0.2) is 5.17 Å². The maximum absolute atomic E-state index is 12.0. The molecule has 1 atom stereocenters. The van der Waals surface area contributed by atoms with Crippen molar-refractivity contribution in [3.05, 3.63) is 58.6 Å². The van der Waals surface area contributed by atoms with Gasteiger partial charge < -0.3 is 14.8 Å². The van der Waals surface area contributed by atoms with Gasteiger partial charge in [-0.25, -0.2) is 5.01 Å². The third kappa shape index (κ3) is 5.99. The molecule has 2 aromatic carbocycles. The molecule has 158 valence electrons. The van der Waals surface area contributed by atoms with Gasteiger partial charge in [0.05, 0.1) is 17.7 Å². The maximum Gasteiger partial charge on any atom is 0.241 e. The highest BCUT2D eigenvalue weighted by Crippen LogP contribution is 2.40. The van der Waals surface area contributed by atoms with Crippen LogP contribution in [0.5, 0.6) is 11.5 Å². The minimum Gasteiger partial charge on any atom is -0.493 e. The van der Waals surface area contributed by atoms with Gasteiger partial charge in [0, 0.05) is 20.3 Å². The van der Waals surface area contributed by atoms with Gasteiger partial charge in [-0.15, -0.1) is 5.10 Å². The Morgan fingerprint density at radius 3 is 2.53 bits per heavy atom. The number of thioether (sulfide) groups is 1. The van der Waals surface area contributed by atoms with Crippen LogP contribution in [0.25, 0.3) is 0 Å². The summed E-state index contributed by atoms with van der Waals surface area (Å²) < 4.78 is 12.3. The number of hydrazone groups is 1. The average molecular weight is 492 g/mol. The molecule has 0 fully saturated rings. The summed E-state index contributed by atoms with van der Waals surface area (Å²) in [6.45, 7) is 3.92. The summed E-state index contributed by atoms with van der Waals surface area (Å²) >= 11 is 4.85. The zero-order chi connectivity index (χ0) is 21.5. The number of amides is 2. The molecule has 7 nitrogen and oxygen atoms in total. The molecule has 0 unspecified atom stereocenters. The zero-order valence-corrected chi connectivity index (χ0v) is 19.0. The molecular weight excluding hydrogens is 470 g/mol. The average Bonchev–Trinajstić information content (AvgIpc) is 3.13. The van der Waals surface area contributed by atoms with Crippen LogP contribution in [0.15, 0.2) is 58.1 Å². The van der Waals surface area contributed by atoms with Crippen molar-refractivity contribution < 1.29 is 19.1 Å². The monoisotopic (exact) mass is 491 g/mol. The molecule has 1 N–H and O–H groups in total. The minimum atomic E-state index is -0.353. The second kappa shape index (κ2) is 10.5. The molecule has 2 aromatic rings. The molecule has 0 aromatic heterocycles. The number of nitrogens with zero attached hydrogens (tertiary/aromatic N) is 2. The standard InChI is InChI=1S/C21H22BrN3O4S/c1-14(26)23-21-24-25(15(2)27)20(30-21)16-9-10-19(18(22)13-16)29-12-6-11-28-17-7-4-3-5-8-17/h3-5,7-10,13,20H,6,11-12H2,1-2H3,(H,23,24,26)/t20-/m1/s1. The molecular formula is C21H22BrN3O4S. The molecule has 2 amide bonds. The van der Waals surface area contributed by atoms with E-state index >= 15 is 0 Å². The number of halogens is 1. The number of benzene rings is 2. The topological polar surface area (TPSA) is 80.2 Å². The van der Waals surface area contributed by atoms with Gasteiger partial charge in [0.1, 0.15) is 16.9 Å². The lowest BCUT2D eigenvalue weighted by Gasteiger charge is -2.20. The molecule has 30 heavy (non-hydrogen) atoms. The smallest absolute Gasteiger partial charge is 0.241 e. The molecule has 3 rings (SSSR count). The minimum absolute atomic E-state index is 0.206. The van der Waals surface area contributed by atoms with Gasteiger partial charge in [0.25, 0.3) is 0 Å². The van der Waals surface area contributed by atoms with Crippen LogP contribution in [-0.4, -0.2) is 35.2 Å². The number of rotatable bonds is 7. The highest BCUT2D eigenvalue weighted by Gasteiger charge is 2.32. The Morgan fingerprint density at radius 1 is 1.13 bits per heavy atom. The summed E-state index contributed by atoms with van der Waals surface area (Å²) in [6, 6.07) is 15.3. The lowest BCUT2D eigenvalue weighted by molar-refractivity contribution is -0.129. The highest BCUT2D eigenvalue weighted by molar-refractivity contribution is 9.10. The molecule has 1 aliphatic heterocycles. The fourth-order valence-corrected chi connectivity index (χ4v) is 4.35. The molecule has 1 heterocycles. The summed E-state index contributed by atoms with van der Waals surface area (Å²) in [5.41, 5.74) is 0.867. The number of nitrogens with one attached hydrogen (secondary N) is 1. The Labute approximate surface area is 187 Å². The first-order chi connectivity index (χ1) is 14.4. The largest absolute Gasteiger partial charge is 0.493 e. The fourth-order valence-electron chi connectivity index (χ4n) is 2.71. The van der Waals surface area contributed by atoms with E-state index in [-0.39, 0.29) is 17.2 Å². The number of hydrogen-bond acceptors (Lipinski definition) is 6. The molecule has 1 aliphatic rings. The normalized spacial score (nSPS) is 15.5. The Morgan fingerprint density at radius 2 is 1.87 bits per heavy atom. The van der Waals surface area contributed by atoms with Crippen LogP contribution in [0.2, 0.25) is 0 Å². The van der Waals surface area contributed by atoms with Crippen molar-refractivity contribution in [2.24, 2.45) is 5.10 Å². The van der Waals surface area contributed by atoms with E-state index in [9.17, 15) is 9.59 Å². The number of para-hydroxylation sites is 1. The summed E-state index contributed by atoms with van der Waals surface area (Å²) in [7, 11) is 0. The van der Waals surface area contributed by atoms with Crippen LogP contribution in [0.3, 0.4) is 0 Å². The van der Waals surface area contributed by atoms with Gasteiger partial charge in [-0.1, -0.05) is 36.0 Å². The van der Waals surface area contributed by atoms with E-state index in [0.717, 1.165) is 22.2 Å². The number of amidine groups is 1. The molecule has 0 aliphatic carbocycles. The third-order valence-corrected chi connectivity index (χ3v) is 5.77. The SMILES string of the molecule is CC(=O)NC1=NN(C(C)=O)[C@@H](c2ccc(OCCCOc3ccccc3)c(Br)c2)S1. The van der Waals surface area contributed by atoms with E-state index in [0.29, 0.717) is 24.1 Å². The number of hydrogen-bond donors (Lipinski definition) is 1. The van der Waals surface area contributed by atoms with Gasteiger partial charge in [0.2, 0.25) is 11.8 Å². The van der Waals surface area contributed by atoms with E-state index in [1.165, 1.54) is 30.6 Å². The second-order valence-electron chi connectivity index (χ2n) is 6.47. The van der Waals surface area contributed by atoms with Crippen molar-refractivity contribution in [2.75, 3.05) is 13.2 Å². The second-order valence-corrected chi connectivity index (χ2v) is 8.40. The van der Waals surface area contributed by atoms with Crippen molar-refractivity contribution in [3.63, 3.8) is 0 Å². The molecule has 9 heteroatoms. The molecule has 0 saturated carbocycles. The zero-order valence-electron chi connectivity index (χ0n) is 16.6. The summed E-state index contributed by atoms with van der Waals surface area (Å²) in [5, 5.41) is 8.25. The molecule has 0 radical (unpaired) electrons.